The normalized spacial score (nSPS) is 10.0. The molecule has 0 spiro atoms. The van der Waals surface area contributed by atoms with Crippen LogP contribution in [0.1, 0.15) is 10.4 Å². The maximum absolute atomic E-state index is 11.9. The SMILES string of the molecule is CN(C)c1cc(C(=O)Nc2nncs2)ccn1. The molecule has 6 nitrogen and oxygen atoms in total. The monoisotopic (exact) mass is 249 g/mol. The average Bonchev–Trinajstić information content (AvgIpc) is 2.82. The van der Waals surface area contributed by atoms with E-state index in [1.165, 1.54) is 11.3 Å². The molecule has 0 atom stereocenters. The van der Waals surface area contributed by atoms with E-state index >= 15 is 0 Å². The molecule has 7 heteroatoms. The van der Waals surface area contributed by atoms with Crippen molar-refractivity contribution in [3.05, 3.63) is 29.4 Å². The van der Waals surface area contributed by atoms with Crippen LogP contribution in [0.4, 0.5) is 10.9 Å². The van der Waals surface area contributed by atoms with E-state index in [2.05, 4.69) is 20.5 Å². The minimum Gasteiger partial charge on any atom is -0.363 e. The zero-order chi connectivity index (χ0) is 12.3. The van der Waals surface area contributed by atoms with Crippen LogP contribution in [0.25, 0.3) is 0 Å². The predicted molar refractivity (Wildman–Crippen MR) is 66.4 cm³/mol. The van der Waals surface area contributed by atoms with Crippen LogP contribution in [-0.2, 0) is 0 Å². The number of nitrogens with zero attached hydrogens (tertiary/aromatic N) is 4. The molecule has 17 heavy (non-hydrogen) atoms. The van der Waals surface area contributed by atoms with Crippen LogP contribution in [0, 0.1) is 0 Å². The number of aromatic nitrogens is 3. The number of rotatable bonds is 3. The number of hydrogen-bond donors (Lipinski definition) is 1. The molecule has 0 saturated carbocycles. The summed E-state index contributed by atoms with van der Waals surface area (Å²) in [6, 6.07) is 3.37. The molecule has 2 aromatic rings. The lowest BCUT2D eigenvalue weighted by molar-refractivity contribution is 0.102. The smallest absolute Gasteiger partial charge is 0.257 e. The summed E-state index contributed by atoms with van der Waals surface area (Å²) in [5.74, 6) is 0.516. The highest BCUT2D eigenvalue weighted by Crippen LogP contribution is 2.13. The molecule has 1 amide bonds. The average molecular weight is 249 g/mol. The zero-order valence-electron chi connectivity index (χ0n) is 9.41. The second kappa shape index (κ2) is 4.88. The molecule has 0 unspecified atom stereocenters. The van der Waals surface area contributed by atoms with Crippen molar-refractivity contribution in [1.82, 2.24) is 15.2 Å². The Balaban J connectivity index is 2.16. The number of nitrogens with one attached hydrogen (secondary N) is 1. The molecular formula is C10H11N5OS. The molecule has 0 saturated heterocycles. The maximum Gasteiger partial charge on any atom is 0.257 e. The van der Waals surface area contributed by atoms with Crippen LogP contribution in [0.2, 0.25) is 0 Å². The molecule has 0 aliphatic heterocycles. The van der Waals surface area contributed by atoms with Crippen LogP contribution in [0.3, 0.4) is 0 Å². The van der Waals surface area contributed by atoms with Crippen molar-refractivity contribution in [2.75, 3.05) is 24.3 Å². The molecule has 0 bridgehead atoms. The molecule has 1 N–H and O–H groups in total. The second-order valence-electron chi connectivity index (χ2n) is 3.50. The van der Waals surface area contributed by atoms with Gasteiger partial charge in [-0.25, -0.2) is 4.98 Å². The Bertz CT molecular complexity index is 511. The largest absolute Gasteiger partial charge is 0.363 e. The first kappa shape index (κ1) is 11.5. The number of carbonyl (C=O) groups excluding carboxylic acids is 1. The first-order valence-electron chi connectivity index (χ1n) is 4.87. The highest BCUT2D eigenvalue weighted by Gasteiger charge is 2.09. The van der Waals surface area contributed by atoms with Crippen LogP contribution >= 0.6 is 11.3 Å². The quantitative estimate of drug-likeness (QED) is 0.886. The van der Waals surface area contributed by atoms with Gasteiger partial charge in [-0.05, 0) is 12.1 Å². The predicted octanol–water partition coefficient (Wildman–Crippen LogP) is 1.25. The summed E-state index contributed by atoms with van der Waals surface area (Å²) in [7, 11) is 3.74. The number of pyridine rings is 1. The molecule has 0 aliphatic rings. The Morgan fingerprint density at radius 1 is 1.47 bits per heavy atom. The standard InChI is InChI=1S/C10H11N5OS/c1-15(2)8-5-7(3-4-11-8)9(16)13-10-14-12-6-17-10/h3-6H,1-2H3,(H,13,14,16). The van der Waals surface area contributed by atoms with Gasteiger partial charge in [0.15, 0.2) is 0 Å². The summed E-state index contributed by atoms with van der Waals surface area (Å²) in [4.78, 5) is 17.8. The van der Waals surface area contributed by atoms with Crippen LogP contribution in [-0.4, -0.2) is 35.2 Å². The van der Waals surface area contributed by atoms with E-state index in [-0.39, 0.29) is 5.91 Å². The summed E-state index contributed by atoms with van der Waals surface area (Å²) >= 11 is 1.28. The third-order valence-electron chi connectivity index (χ3n) is 2.05. The summed E-state index contributed by atoms with van der Waals surface area (Å²) in [6.07, 6.45) is 1.60. The molecule has 2 aromatic heterocycles. The number of hydrogen-bond acceptors (Lipinski definition) is 6. The molecule has 2 heterocycles. The van der Waals surface area contributed by atoms with Gasteiger partial charge in [0.1, 0.15) is 11.3 Å². The van der Waals surface area contributed by atoms with Gasteiger partial charge in [-0.1, -0.05) is 11.3 Å². The Kier molecular flexibility index (Phi) is 3.29. The van der Waals surface area contributed by atoms with Crippen LogP contribution < -0.4 is 10.2 Å². The fraction of sp³-hybridized carbons (Fsp3) is 0.200. The van der Waals surface area contributed by atoms with Crippen molar-refractivity contribution in [1.29, 1.82) is 0 Å². The molecule has 2 rings (SSSR count). The summed E-state index contributed by atoms with van der Waals surface area (Å²) in [5, 5.41) is 10.5. The van der Waals surface area contributed by atoms with Gasteiger partial charge >= 0.3 is 0 Å². The van der Waals surface area contributed by atoms with E-state index in [0.29, 0.717) is 10.7 Å². The molecule has 0 fully saturated rings. The summed E-state index contributed by atoms with van der Waals surface area (Å²) in [6.45, 7) is 0. The molecule has 0 radical (unpaired) electrons. The lowest BCUT2D eigenvalue weighted by Gasteiger charge is -2.11. The van der Waals surface area contributed by atoms with E-state index in [1.807, 2.05) is 19.0 Å². The minimum atomic E-state index is -0.216. The van der Waals surface area contributed by atoms with Gasteiger partial charge in [-0.15, -0.1) is 10.2 Å². The Hall–Kier alpha value is -2.02. The maximum atomic E-state index is 11.9. The Morgan fingerprint density at radius 2 is 2.29 bits per heavy atom. The summed E-state index contributed by atoms with van der Waals surface area (Å²) in [5.41, 5.74) is 2.10. The Labute approximate surface area is 102 Å². The first-order chi connectivity index (χ1) is 8.16. The lowest BCUT2D eigenvalue weighted by atomic mass is 10.2. The first-order valence-corrected chi connectivity index (χ1v) is 5.75. The highest BCUT2D eigenvalue weighted by atomic mass is 32.1. The second-order valence-corrected chi connectivity index (χ2v) is 4.33. The molecule has 0 aliphatic carbocycles. The van der Waals surface area contributed by atoms with Crippen molar-refractivity contribution in [3.63, 3.8) is 0 Å². The lowest BCUT2D eigenvalue weighted by Crippen LogP contribution is -2.15. The van der Waals surface area contributed by atoms with E-state index < -0.39 is 0 Å². The summed E-state index contributed by atoms with van der Waals surface area (Å²) < 4.78 is 0. The molecular weight excluding hydrogens is 238 g/mol. The van der Waals surface area contributed by atoms with Gasteiger partial charge in [0.25, 0.3) is 5.91 Å². The van der Waals surface area contributed by atoms with Crippen molar-refractivity contribution >= 4 is 28.2 Å². The van der Waals surface area contributed by atoms with Crippen molar-refractivity contribution in [2.24, 2.45) is 0 Å². The minimum absolute atomic E-state index is 0.216. The third kappa shape index (κ3) is 2.76. The van der Waals surface area contributed by atoms with Crippen LogP contribution in [0.15, 0.2) is 23.8 Å². The highest BCUT2D eigenvalue weighted by molar-refractivity contribution is 7.13. The number of anilines is 2. The third-order valence-corrected chi connectivity index (χ3v) is 2.65. The van der Waals surface area contributed by atoms with Crippen LogP contribution in [0.5, 0.6) is 0 Å². The van der Waals surface area contributed by atoms with E-state index in [4.69, 9.17) is 0 Å². The number of carbonyl (C=O) groups is 1. The van der Waals surface area contributed by atoms with Gasteiger partial charge in [0, 0.05) is 25.9 Å². The van der Waals surface area contributed by atoms with Gasteiger partial charge in [-0.2, -0.15) is 0 Å². The molecule has 0 aromatic carbocycles. The van der Waals surface area contributed by atoms with Gasteiger partial charge in [-0.3, -0.25) is 10.1 Å². The fourth-order valence-corrected chi connectivity index (χ4v) is 1.64. The van der Waals surface area contributed by atoms with Crippen molar-refractivity contribution in [2.45, 2.75) is 0 Å². The van der Waals surface area contributed by atoms with E-state index in [9.17, 15) is 4.79 Å². The zero-order valence-corrected chi connectivity index (χ0v) is 10.2. The van der Waals surface area contributed by atoms with Crippen molar-refractivity contribution in [3.8, 4) is 0 Å². The van der Waals surface area contributed by atoms with Gasteiger partial charge in [0.05, 0.1) is 0 Å². The molecule has 88 valence electrons. The van der Waals surface area contributed by atoms with Gasteiger partial charge < -0.3 is 4.90 Å². The Morgan fingerprint density at radius 3 is 2.94 bits per heavy atom. The number of amides is 1. The van der Waals surface area contributed by atoms with Gasteiger partial charge in [0.2, 0.25) is 5.13 Å². The van der Waals surface area contributed by atoms with Crippen molar-refractivity contribution < 1.29 is 4.79 Å². The fourth-order valence-electron chi connectivity index (χ4n) is 1.20. The topological polar surface area (TPSA) is 71.0 Å². The van der Waals surface area contributed by atoms with E-state index in [0.717, 1.165) is 5.82 Å². The van der Waals surface area contributed by atoms with E-state index in [1.54, 1.807) is 23.8 Å².